The van der Waals surface area contributed by atoms with Crippen molar-refractivity contribution in [1.82, 2.24) is 10.6 Å². The van der Waals surface area contributed by atoms with Gasteiger partial charge in [-0.1, -0.05) is 12.1 Å². The molecule has 7 heteroatoms. The van der Waals surface area contributed by atoms with Gasteiger partial charge in [0.25, 0.3) is 0 Å². The number of carbonyl (C=O) groups excluding carboxylic acids is 2. The summed E-state index contributed by atoms with van der Waals surface area (Å²) in [6.45, 7) is 6.80. The third-order valence-corrected chi connectivity index (χ3v) is 2.69. The van der Waals surface area contributed by atoms with E-state index in [9.17, 15) is 9.59 Å². The topological polar surface area (TPSA) is 92.2 Å². The molecule has 0 aliphatic heterocycles. The molecule has 1 rings (SSSR count). The van der Waals surface area contributed by atoms with Gasteiger partial charge in [-0.15, -0.1) is 0 Å². The fourth-order valence-corrected chi connectivity index (χ4v) is 1.57. The number of nitrogens with zero attached hydrogens (tertiary/aromatic N) is 2. The van der Waals surface area contributed by atoms with E-state index in [1.165, 1.54) is 6.20 Å². The Morgan fingerprint density at radius 2 is 1.91 bits per heavy atom. The predicted molar refractivity (Wildman–Crippen MR) is 85.0 cm³/mol. The minimum absolute atomic E-state index is 0.0605. The Hall–Kier alpha value is -2.96. The summed E-state index contributed by atoms with van der Waals surface area (Å²) in [6, 6.07) is 7.45. The second-order valence-electron chi connectivity index (χ2n) is 4.16. The average Bonchev–Trinajstić information content (AvgIpc) is 2.54. The summed E-state index contributed by atoms with van der Waals surface area (Å²) in [4.78, 5) is 30.1. The molecule has 0 saturated carbocycles. The second kappa shape index (κ2) is 9.06. The number of methoxy groups -OCH3 is 1. The first-order valence-corrected chi connectivity index (χ1v) is 6.45. The van der Waals surface area contributed by atoms with Crippen molar-refractivity contribution in [3.8, 4) is 5.75 Å². The van der Waals surface area contributed by atoms with Crippen LogP contribution in [0.15, 0.2) is 46.3 Å². The van der Waals surface area contributed by atoms with Crippen molar-refractivity contribution in [2.45, 2.75) is 6.42 Å². The zero-order chi connectivity index (χ0) is 16.4. The van der Waals surface area contributed by atoms with Gasteiger partial charge in [-0.25, -0.2) is 4.99 Å². The predicted octanol–water partition coefficient (Wildman–Crippen LogP) is 0.670. The maximum absolute atomic E-state index is 11.6. The van der Waals surface area contributed by atoms with E-state index in [-0.39, 0.29) is 5.82 Å². The number of benzene rings is 1. The van der Waals surface area contributed by atoms with Gasteiger partial charge in [0.2, 0.25) is 0 Å². The molecular formula is C15H18N4O3. The molecule has 0 unspecified atom stereocenters. The molecule has 2 amide bonds. The lowest BCUT2D eigenvalue weighted by atomic mass is 10.1. The molecule has 1 aromatic rings. The summed E-state index contributed by atoms with van der Waals surface area (Å²) in [6.07, 6.45) is 1.79. The molecule has 0 aromatic heterocycles. The van der Waals surface area contributed by atoms with Crippen molar-refractivity contribution in [3.05, 3.63) is 41.8 Å². The molecule has 0 aliphatic carbocycles. The van der Waals surface area contributed by atoms with Crippen molar-refractivity contribution in [3.63, 3.8) is 0 Å². The number of amides is 2. The molecule has 2 N–H and O–H groups in total. The van der Waals surface area contributed by atoms with Crippen LogP contribution in [0.2, 0.25) is 0 Å². The number of aliphatic imine (C=N–C) groups is 2. The SMILES string of the molecule is C=N/C=C(\N=C)NC(=O)C(=O)NCCc1ccc(OC)cc1. The van der Waals surface area contributed by atoms with E-state index in [0.717, 1.165) is 11.3 Å². The van der Waals surface area contributed by atoms with Crippen LogP contribution in [0.5, 0.6) is 5.75 Å². The van der Waals surface area contributed by atoms with Crippen LogP contribution in [0.4, 0.5) is 0 Å². The van der Waals surface area contributed by atoms with Crippen LogP contribution in [-0.4, -0.2) is 38.9 Å². The molecule has 0 fully saturated rings. The summed E-state index contributed by atoms with van der Waals surface area (Å²) >= 11 is 0. The standard InChI is InChI=1S/C15H18N4O3/c1-16-10-13(17-2)19-15(21)14(20)18-9-8-11-4-6-12(22-3)7-5-11/h4-7,10H,1-2,8-9H2,3H3,(H,18,20)(H,19,21)/b13-10+. The highest BCUT2D eigenvalue weighted by molar-refractivity contribution is 6.35. The Bertz CT molecular complexity index is 579. The molecule has 0 spiro atoms. The smallest absolute Gasteiger partial charge is 0.314 e. The summed E-state index contributed by atoms with van der Waals surface area (Å²) < 4.78 is 5.06. The Morgan fingerprint density at radius 1 is 1.23 bits per heavy atom. The Labute approximate surface area is 128 Å². The average molecular weight is 302 g/mol. The Balaban J connectivity index is 2.41. The van der Waals surface area contributed by atoms with Crippen LogP contribution < -0.4 is 15.4 Å². The zero-order valence-electron chi connectivity index (χ0n) is 12.3. The van der Waals surface area contributed by atoms with Crippen LogP contribution >= 0.6 is 0 Å². The number of hydrogen-bond donors (Lipinski definition) is 2. The fraction of sp³-hybridized carbons (Fsp3) is 0.200. The summed E-state index contributed by atoms with van der Waals surface area (Å²) in [7, 11) is 1.59. The lowest BCUT2D eigenvalue weighted by molar-refractivity contribution is -0.138. The number of carbonyl (C=O) groups is 2. The van der Waals surface area contributed by atoms with Crippen LogP contribution in [0.1, 0.15) is 5.56 Å². The summed E-state index contributed by atoms with van der Waals surface area (Å²) in [5, 5.41) is 4.78. The monoisotopic (exact) mass is 302 g/mol. The van der Waals surface area contributed by atoms with Crippen molar-refractivity contribution in [2.24, 2.45) is 9.98 Å². The third kappa shape index (κ3) is 5.58. The molecule has 7 nitrogen and oxygen atoms in total. The van der Waals surface area contributed by atoms with E-state index >= 15 is 0 Å². The molecule has 0 bridgehead atoms. The molecule has 116 valence electrons. The summed E-state index contributed by atoms with van der Waals surface area (Å²) in [5.41, 5.74) is 1.02. The van der Waals surface area contributed by atoms with E-state index in [1.54, 1.807) is 7.11 Å². The highest BCUT2D eigenvalue weighted by Gasteiger charge is 2.13. The Morgan fingerprint density at radius 3 is 2.45 bits per heavy atom. The van der Waals surface area contributed by atoms with Gasteiger partial charge in [0, 0.05) is 6.54 Å². The van der Waals surface area contributed by atoms with Gasteiger partial charge in [-0.2, -0.15) is 0 Å². The maximum atomic E-state index is 11.6. The molecular weight excluding hydrogens is 284 g/mol. The fourth-order valence-electron chi connectivity index (χ4n) is 1.57. The van der Waals surface area contributed by atoms with E-state index in [0.29, 0.717) is 13.0 Å². The van der Waals surface area contributed by atoms with E-state index in [4.69, 9.17) is 4.74 Å². The highest BCUT2D eigenvalue weighted by atomic mass is 16.5. The third-order valence-electron chi connectivity index (χ3n) is 2.69. The first kappa shape index (κ1) is 17.1. The van der Waals surface area contributed by atoms with Crippen LogP contribution in [0, 0.1) is 0 Å². The minimum Gasteiger partial charge on any atom is -0.497 e. The van der Waals surface area contributed by atoms with Crippen LogP contribution in [0.3, 0.4) is 0 Å². The molecule has 0 heterocycles. The van der Waals surface area contributed by atoms with Gasteiger partial charge in [0.05, 0.1) is 13.3 Å². The van der Waals surface area contributed by atoms with Gasteiger partial charge < -0.3 is 15.4 Å². The summed E-state index contributed by atoms with van der Waals surface area (Å²) in [5.74, 6) is -0.770. The van der Waals surface area contributed by atoms with Crippen molar-refractivity contribution in [1.29, 1.82) is 0 Å². The van der Waals surface area contributed by atoms with Gasteiger partial charge >= 0.3 is 11.8 Å². The van der Waals surface area contributed by atoms with E-state index in [2.05, 4.69) is 34.1 Å². The van der Waals surface area contributed by atoms with E-state index < -0.39 is 11.8 Å². The maximum Gasteiger partial charge on any atom is 0.314 e. The lowest BCUT2D eigenvalue weighted by Crippen LogP contribution is -2.40. The van der Waals surface area contributed by atoms with Crippen molar-refractivity contribution >= 4 is 25.2 Å². The first-order chi connectivity index (χ1) is 10.6. The normalized spacial score (nSPS) is 10.5. The number of hydrogen-bond acceptors (Lipinski definition) is 5. The number of ether oxygens (including phenoxy) is 1. The van der Waals surface area contributed by atoms with Crippen molar-refractivity contribution in [2.75, 3.05) is 13.7 Å². The molecule has 0 radical (unpaired) electrons. The quantitative estimate of drug-likeness (QED) is 0.573. The Kier molecular flexibility index (Phi) is 7.04. The number of rotatable bonds is 7. The molecule has 1 aromatic carbocycles. The van der Waals surface area contributed by atoms with Gasteiger partial charge in [-0.05, 0) is 37.6 Å². The molecule has 0 atom stereocenters. The van der Waals surface area contributed by atoms with Crippen LogP contribution in [0.25, 0.3) is 0 Å². The minimum atomic E-state index is -0.836. The largest absolute Gasteiger partial charge is 0.497 e. The molecule has 22 heavy (non-hydrogen) atoms. The number of nitrogens with one attached hydrogen (secondary N) is 2. The highest BCUT2D eigenvalue weighted by Crippen LogP contribution is 2.11. The van der Waals surface area contributed by atoms with Gasteiger partial charge in [0.15, 0.2) is 5.82 Å². The second-order valence-corrected chi connectivity index (χ2v) is 4.16. The van der Waals surface area contributed by atoms with Crippen molar-refractivity contribution < 1.29 is 14.3 Å². The molecule has 0 aliphatic rings. The zero-order valence-corrected chi connectivity index (χ0v) is 12.3. The lowest BCUT2D eigenvalue weighted by Gasteiger charge is -2.07. The van der Waals surface area contributed by atoms with Gasteiger partial charge in [-0.3, -0.25) is 14.6 Å². The molecule has 0 saturated heterocycles. The first-order valence-electron chi connectivity index (χ1n) is 6.45. The van der Waals surface area contributed by atoms with E-state index in [1.807, 2.05) is 24.3 Å². The van der Waals surface area contributed by atoms with Gasteiger partial charge in [0.1, 0.15) is 5.75 Å². The van der Waals surface area contributed by atoms with Crippen LogP contribution in [-0.2, 0) is 16.0 Å².